The van der Waals surface area contributed by atoms with Crippen molar-refractivity contribution in [2.75, 3.05) is 6.54 Å². The van der Waals surface area contributed by atoms with Gasteiger partial charge in [0.25, 0.3) is 0 Å². The molecule has 0 radical (unpaired) electrons. The van der Waals surface area contributed by atoms with Gasteiger partial charge in [0.1, 0.15) is 0 Å². The van der Waals surface area contributed by atoms with Crippen LogP contribution < -0.4 is 11.5 Å². The highest BCUT2D eigenvalue weighted by atomic mass is 16.2. The average Bonchev–Trinajstić information content (AvgIpc) is 2.54. The van der Waals surface area contributed by atoms with Crippen molar-refractivity contribution >= 4 is 11.8 Å². The topological polar surface area (TPSA) is 89.4 Å². The van der Waals surface area contributed by atoms with E-state index in [1.807, 2.05) is 30.3 Å². The molecule has 2 amide bonds. The van der Waals surface area contributed by atoms with E-state index >= 15 is 0 Å². The summed E-state index contributed by atoms with van der Waals surface area (Å²) in [6.07, 6.45) is 5.16. The van der Waals surface area contributed by atoms with Gasteiger partial charge in [-0.3, -0.25) is 9.59 Å². The second kappa shape index (κ2) is 7.34. The third kappa shape index (κ3) is 3.78. The van der Waals surface area contributed by atoms with Crippen LogP contribution >= 0.6 is 0 Å². The lowest BCUT2D eigenvalue weighted by molar-refractivity contribution is -0.142. The highest BCUT2D eigenvalue weighted by Crippen LogP contribution is 2.42. The Kier molecular flexibility index (Phi) is 5.19. The van der Waals surface area contributed by atoms with Gasteiger partial charge in [-0.1, -0.05) is 36.8 Å². The van der Waals surface area contributed by atoms with E-state index in [2.05, 4.69) is 0 Å². The van der Waals surface area contributed by atoms with E-state index in [0.29, 0.717) is 18.4 Å². The average molecular weight is 329 g/mol. The van der Waals surface area contributed by atoms with Crippen LogP contribution in [0.25, 0.3) is 0 Å². The van der Waals surface area contributed by atoms with E-state index in [1.165, 1.54) is 6.42 Å². The number of carbonyl (C=O) groups is 2. The Hall–Kier alpha value is -1.88. The van der Waals surface area contributed by atoms with Crippen LogP contribution in [0.4, 0.5) is 0 Å². The third-order valence-corrected chi connectivity index (χ3v) is 5.64. The molecule has 2 saturated carbocycles. The Morgan fingerprint density at radius 1 is 1.08 bits per heavy atom. The fourth-order valence-electron chi connectivity index (χ4n) is 4.45. The molecule has 2 unspecified atom stereocenters. The molecule has 5 nitrogen and oxygen atoms in total. The maximum absolute atomic E-state index is 13.1. The summed E-state index contributed by atoms with van der Waals surface area (Å²) in [5.74, 6) is 0.453. The predicted octanol–water partition coefficient (Wildman–Crippen LogP) is 1.65. The van der Waals surface area contributed by atoms with Crippen molar-refractivity contribution in [1.29, 1.82) is 0 Å². The molecular formula is C19H27N3O2. The number of benzene rings is 1. The number of hydrogen-bond acceptors (Lipinski definition) is 3. The van der Waals surface area contributed by atoms with E-state index in [1.54, 1.807) is 4.90 Å². The minimum Gasteiger partial charge on any atom is -0.368 e. The summed E-state index contributed by atoms with van der Waals surface area (Å²) in [4.78, 5) is 26.1. The Bertz CT molecular complexity index is 576. The number of fused-ring (bicyclic) bond motifs is 2. The quantitative estimate of drug-likeness (QED) is 0.861. The van der Waals surface area contributed by atoms with Crippen molar-refractivity contribution < 1.29 is 9.59 Å². The first kappa shape index (κ1) is 17.0. The van der Waals surface area contributed by atoms with Gasteiger partial charge in [-0.2, -0.15) is 0 Å². The zero-order chi connectivity index (χ0) is 17.1. The van der Waals surface area contributed by atoms with Crippen LogP contribution in [0, 0.1) is 17.8 Å². The van der Waals surface area contributed by atoms with Gasteiger partial charge in [-0.25, -0.2) is 0 Å². The van der Waals surface area contributed by atoms with Crippen molar-refractivity contribution in [3.8, 4) is 0 Å². The van der Waals surface area contributed by atoms with Crippen molar-refractivity contribution in [1.82, 2.24) is 4.90 Å². The predicted molar refractivity (Wildman–Crippen MR) is 92.6 cm³/mol. The number of amides is 2. The minimum atomic E-state index is -0.466. The molecule has 4 N–H and O–H groups in total. The van der Waals surface area contributed by atoms with Crippen molar-refractivity contribution in [3.63, 3.8) is 0 Å². The van der Waals surface area contributed by atoms with Gasteiger partial charge in [0.15, 0.2) is 0 Å². The number of rotatable bonds is 5. The molecule has 0 heterocycles. The zero-order valence-electron chi connectivity index (χ0n) is 14.1. The van der Waals surface area contributed by atoms with Crippen molar-refractivity contribution in [2.45, 2.75) is 44.7 Å². The van der Waals surface area contributed by atoms with Crippen LogP contribution in [0.5, 0.6) is 0 Å². The molecule has 1 aromatic rings. The SMILES string of the molecule is NC(=O)CN(Cc1ccccc1)C(=O)C1CC2CCCC(C1)C2N. The van der Waals surface area contributed by atoms with Gasteiger partial charge in [-0.05, 0) is 43.1 Å². The highest BCUT2D eigenvalue weighted by Gasteiger charge is 2.41. The summed E-state index contributed by atoms with van der Waals surface area (Å²) in [5, 5.41) is 0. The van der Waals surface area contributed by atoms with Gasteiger partial charge in [0.2, 0.25) is 11.8 Å². The maximum atomic E-state index is 13.1. The Morgan fingerprint density at radius 2 is 1.71 bits per heavy atom. The number of nitrogens with zero attached hydrogens (tertiary/aromatic N) is 1. The molecule has 1 aromatic carbocycles. The maximum Gasteiger partial charge on any atom is 0.237 e. The Labute approximate surface area is 143 Å². The van der Waals surface area contributed by atoms with E-state index in [0.717, 1.165) is 31.2 Å². The summed E-state index contributed by atoms with van der Waals surface area (Å²) < 4.78 is 0. The van der Waals surface area contributed by atoms with Gasteiger partial charge >= 0.3 is 0 Å². The minimum absolute atomic E-state index is 0.0222. The molecule has 2 fully saturated rings. The summed E-state index contributed by atoms with van der Waals surface area (Å²) in [5.41, 5.74) is 12.7. The fourth-order valence-corrected chi connectivity index (χ4v) is 4.45. The number of carbonyl (C=O) groups excluding carboxylic acids is 2. The molecule has 2 aliphatic carbocycles. The summed E-state index contributed by atoms with van der Waals surface area (Å²) in [7, 11) is 0. The summed E-state index contributed by atoms with van der Waals surface area (Å²) >= 11 is 0. The molecule has 2 aliphatic rings. The molecule has 24 heavy (non-hydrogen) atoms. The van der Waals surface area contributed by atoms with Crippen molar-refractivity contribution in [3.05, 3.63) is 35.9 Å². The lowest BCUT2D eigenvalue weighted by atomic mass is 9.65. The molecule has 2 bridgehead atoms. The zero-order valence-corrected chi connectivity index (χ0v) is 14.1. The third-order valence-electron chi connectivity index (χ3n) is 5.64. The first-order chi connectivity index (χ1) is 11.5. The largest absolute Gasteiger partial charge is 0.368 e. The van der Waals surface area contributed by atoms with Crippen molar-refractivity contribution in [2.24, 2.45) is 29.2 Å². The van der Waals surface area contributed by atoms with E-state index < -0.39 is 5.91 Å². The molecular weight excluding hydrogens is 302 g/mol. The fraction of sp³-hybridized carbons (Fsp3) is 0.579. The second-order valence-electron chi connectivity index (χ2n) is 7.34. The standard InChI is InChI=1S/C19H27N3O2/c20-17(23)12-22(11-13-5-2-1-3-6-13)19(24)16-9-14-7-4-8-15(10-16)18(14)21/h1-3,5-6,14-16,18H,4,7-12,21H2,(H2,20,23). The van der Waals surface area contributed by atoms with E-state index in [9.17, 15) is 9.59 Å². The number of nitrogens with two attached hydrogens (primary N) is 2. The van der Waals surface area contributed by atoms with Gasteiger partial charge in [0.05, 0.1) is 6.54 Å². The Morgan fingerprint density at radius 3 is 2.29 bits per heavy atom. The molecule has 0 saturated heterocycles. The highest BCUT2D eigenvalue weighted by molar-refractivity contribution is 5.85. The number of hydrogen-bond donors (Lipinski definition) is 2. The normalized spacial score (nSPS) is 29.0. The van der Waals surface area contributed by atoms with Gasteiger partial charge in [0, 0.05) is 18.5 Å². The summed E-state index contributed by atoms with van der Waals surface area (Å²) in [6.45, 7) is 0.409. The molecule has 0 aliphatic heterocycles. The molecule has 0 spiro atoms. The van der Waals surface area contributed by atoms with Crippen LogP contribution in [-0.4, -0.2) is 29.3 Å². The first-order valence-electron chi connectivity index (χ1n) is 8.91. The Balaban J connectivity index is 1.72. The smallest absolute Gasteiger partial charge is 0.237 e. The van der Waals surface area contributed by atoms with E-state index in [4.69, 9.17) is 11.5 Å². The van der Waals surface area contributed by atoms with Crippen LogP contribution in [-0.2, 0) is 16.1 Å². The lowest BCUT2D eigenvalue weighted by Gasteiger charge is -2.44. The van der Waals surface area contributed by atoms with Crippen LogP contribution in [0.1, 0.15) is 37.7 Å². The second-order valence-corrected chi connectivity index (χ2v) is 7.34. The molecule has 0 aromatic heterocycles. The monoisotopic (exact) mass is 329 g/mol. The van der Waals surface area contributed by atoms with Gasteiger partial charge in [-0.15, -0.1) is 0 Å². The van der Waals surface area contributed by atoms with E-state index in [-0.39, 0.29) is 24.4 Å². The summed E-state index contributed by atoms with van der Waals surface area (Å²) in [6, 6.07) is 9.98. The molecule has 2 atom stereocenters. The first-order valence-corrected chi connectivity index (χ1v) is 8.91. The number of primary amides is 1. The molecule has 3 rings (SSSR count). The van der Waals surface area contributed by atoms with Crippen LogP contribution in [0.3, 0.4) is 0 Å². The molecule has 130 valence electrons. The molecule has 5 heteroatoms. The lowest BCUT2D eigenvalue weighted by Crippen LogP contribution is -2.50. The van der Waals surface area contributed by atoms with Gasteiger partial charge < -0.3 is 16.4 Å². The van der Waals surface area contributed by atoms with Crippen LogP contribution in [0.2, 0.25) is 0 Å². The van der Waals surface area contributed by atoms with Crippen LogP contribution in [0.15, 0.2) is 30.3 Å².